The number of rotatable bonds is 3. The molecule has 1 N–H and O–H groups in total. The van der Waals surface area contributed by atoms with Crippen LogP contribution in [0.25, 0.3) is 0 Å². The smallest absolute Gasteiger partial charge is 0.177 e. The maximum Gasteiger partial charge on any atom is 0.177 e. The molecule has 0 aromatic carbocycles. The van der Waals surface area contributed by atoms with Crippen molar-refractivity contribution in [2.45, 2.75) is 12.7 Å². The summed E-state index contributed by atoms with van der Waals surface area (Å²) in [5.74, 6) is 0. The second-order valence-corrected chi connectivity index (χ2v) is 4.19. The number of hydrogen-bond acceptors (Lipinski definition) is 5. The van der Waals surface area contributed by atoms with Gasteiger partial charge in [-0.05, 0) is 11.6 Å². The van der Waals surface area contributed by atoms with Crippen LogP contribution in [0.5, 0.6) is 0 Å². The summed E-state index contributed by atoms with van der Waals surface area (Å²) in [6.07, 6.45) is 3.64. The molecule has 1 aromatic rings. The van der Waals surface area contributed by atoms with E-state index in [9.17, 15) is 0 Å². The average Bonchev–Trinajstić information content (AvgIpc) is 2.35. The minimum absolute atomic E-state index is 0.0653. The maximum absolute atomic E-state index is 8.67. The molecular weight excluding hydrogens is 240 g/mol. The first kappa shape index (κ1) is 12.1. The number of ether oxygens (including phenoxy) is 1. The molecule has 1 aliphatic heterocycles. The predicted octanol–water partition coefficient (Wildman–Crippen LogP) is 0.964. The number of pyridine rings is 1. The first-order chi connectivity index (χ1) is 8.29. The van der Waals surface area contributed by atoms with Crippen LogP contribution in [0.4, 0.5) is 0 Å². The van der Waals surface area contributed by atoms with Crippen LogP contribution in [-0.4, -0.2) is 35.8 Å². The molecule has 0 radical (unpaired) electrons. The standard InChI is InChI=1S/C11H13ClN4O/c12-10-2-1-9(5-14-10)6-16-3-4-17-7-11(16)15-8-13/h1-2,5,11,15H,3-4,6-7H2. The fourth-order valence-electron chi connectivity index (χ4n) is 1.77. The van der Waals surface area contributed by atoms with Crippen molar-refractivity contribution in [3.05, 3.63) is 29.0 Å². The van der Waals surface area contributed by atoms with Crippen LogP contribution >= 0.6 is 11.6 Å². The third kappa shape index (κ3) is 3.30. The van der Waals surface area contributed by atoms with Crippen LogP contribution in [0.1, 0.15) is 5.56 Å². The summed E-state index contributed by atoms with van der Waals surface area (Å²) in [5, 5.41) is 11.9. The van der Waals surface area contributed by atoms with Crippen LogP contribution in [0.15, 0.2) is 18.3 Å². The van der Waals surface area contributed by atoms with Gasteiger partial charge in [0.2, 0.25) is 0 Å². The van der Waals surface area contributed by atoms with Gasteiger partial charge in [-0.1, -0.05) is 17.7 Å². The van der Waals surface area contributed by atoms with Gasteiger partial charge in [0.25, 0.3) is 0 Å². The Bertz CT molecular complexity index is 403. The zero-order valence-electron chi connectivity index (χ0n) is 9.27. The Morgan fingerprint density at radius 3 is 3.24 bits per heavy atom. The minimum Gasteiger partial charge on any atom is -0.377 e. The summed E-state index contributed by atoms with van der Waals surface area (Å²) in [4.78, 5) is 6.19. The van der Waals surface area contributed by atoms with Crippen molar-refractivity contribution in [2.24, 2.45) is 0 Å². The number of nitrogens with one attached hydrogen (secondary N) is 1. The molecule has 1 fully saturated rings. The van der Waals surface area contributed by atoms with Crippen molar-refractivity contribution in [3.63, 3.8) is 0 Å². The van der Waals surface area contributed by atoms with Crippen molar-refractivity contribution < 1.29 is 4.74 Å². The number of halogens is 1. The van der Waals surface area contributed by atoms with Gasteiger partial charge in [-0.25, -0.2) is 4.98 Å². The molecule has 90 valence electrons. The van der Waals surface area contributed by atoms with Crippen LogP contribution < -0.4 is 5.32 Å². The quantitative estimate of drug-likeness (QED) is 0.493. The highest BCUT2D eigenvalue weighted by molar-refractivity contribution is 6.29. The Morgan fingerprint density at radius 1 is 1.65 bits per heavy atom. The second-order valence-electron chi connectivity index (χ2n) is 3.81. The zero-order valence-corrected chi connectivity index (χ0v) is 10.0. The van der Waals surface area contributed by atoms with Gasteiger partial charge in [0.05, 0.1) is 13.2 Å². The van der Waals surface area contributed by atoms with E-state index in [-0.39, 0.29) is 6.17 Å². The minimum atomic E-state index is -0.0653. The van der Waals surface area contributed by atoms with Gasteiger partial charge >= 0.3 is 0 Å². The molecule has 17 heavy (non-hydrogen) atoms. The van der Waals surface area contributed by atoms with E-state index in [1.165, 1.54) is 0 Å². The van der Waals surface area contributed by atoms with Gasteiger partial charge in [0, 0.05) is 19.3 Å². The lowest BCUT2D eigenvalue weighted by Crippen LogP contribution is -2.51. The van der Waals surface area contributed by atoms with Crippen LogP contribution in [-0.2, 0) is 11.3 Å². The summed E-state index contributed by atoms with van der Waals surface area (Å²) < 4.78 is 5.33. The fourth-order valence-corrected chi connectivity index (χ4v) is 1.88. The van der Waals surface area contributed by atoms with Crippen LogP contribution in [0.3, 0.4) is 0 Å². The number of nitrogens with zero attached hydrogens (tertiary/aromatic N) is 3. The van der Waals surface area contributed by atoms with Crippen molar-refractivity contribution in [1.82, 2.24) is 15.2 Å². The fraction of sp³-hybridized carbons (Fsp3) is 0.455. The second kappa shape index (κ2) is 5.82. The molecule has 0 bridgehead atoms. The highest BCUT2D eigenvalue weighted by Crippen LogP contribution is 2.12. The largest absolute Gasteiger partial charge is 0.377 e. The number of morpholine rings is 1. The van der Waals surface area contributed by atoms with Crippen LogP contribution in [0.2, 0.25) is 5.15 Å². The Kier molecular flexibility index (Phi) is 4.15. The van der Waals surface area contributed by atoms with E-state index in [1.807, 2.05) is 12.3 Å². The first-order valence-electron chi connectivity index (χ1n) is 5.36. The van der Waals surface area contributed by atoms with E-state index in [0.29, 0.717) is 18.4 Å². The lowest BCUT2D eigenvalue weighted by Gasteiger charge is -2.34. The van der Waals surface area contributed by atoms with Gasteiger partial charge in [-0.15, -0.1) is 0 Å². The van der Waals surface area contributed by atoms with E-state index < -0.39 is 0 Å². The van der Waals surface area contributed by atoms with E-state index in [2.05, 4.69) is 15.2 Å². The van der Waals surface area contributed by atoms with E-state index in [1.54, 1.807) is 12.3 Å². The third-order valence-electron chi connectivity index (χ3n) is 2.64. The summed E-state index contributed by atoms with van der Waals surface area (Å²) in [6.45, 7) is 2.73. The van der Waals surface area contributed by atoms with E-state index in [0.717, 1.165) is 18.7 Å². The molecule has 0 saturated carbocycles. The summed E-state index contributed by atoms with van der Waals surface area (Å²) in [7, 11) is 0. The molecule has 2 heterocycles. The van der Waals surface area contributed by atoms with Crippen LogP contribution in [0, 0.1) is 11.5 Å². The van der Waals surface area contributed by atoms with Crippen molar-refractivity contribution in [2.75, 3.05) is 19.8 Å². The topological polar surface area (TPSA) is 61.2 Å². The first-order valence-corrected chi connectivity index (χ1v) is 5.74. The van der Waals surface area contributed by atoms with Gasteiger partial charge in [-0.2, -0.15) is 5.26 Å². The van der Waals surface area contributed by atoms with Crippen molar-refractivity contribution in [3.8, 4) is 6.19 Å². The number of nitriles is 1. The Balaban J connectivity index is 2.00. The molecule has 1 unspecified atom stereocenters. The normalized spacial score (nSPS) is 20.8. The van der Waals surface area contributed by atoms with E-state index in [4.69, 9.17) is 21.6 Å². The third-order valence-corrected chi connectivity index (χ3v) is 2.87. The Morgan fingerprint density at radius 2 is 2.53 bits per heavy atom. The number of aromatic nitrogens is 1. The zero-order chi connectivity index (χ0) is 12.1. The summed E-state index contributed by atoms with van der Waals surface area (Å²) in [6, 6.07) is 3.71. The van der Waals surface area contributed by atoms with Crippen molar-refractivity contribution >= 4 is 11.6 Å². The maximum atomic E-state index is 8.67. The highest BCUT2D eigenvalue weighted by Gasteiger charge is 2.22. The molecule has 2 rings (SSSR count). The molecule has 1 atom stereocenters. The van der Waals surface area contributed by atoms with E-state index >= 15 is 0 Å². The Hall–Kier alpha value is -1.35. The molecule has 1 saturated heterocycles. The van der Waals surface area contributed by atoms with Gasteiger partial charge in [-0.3, -0.25) is 4.90 Å². The Labute approximate surface area is 105 Å². The average molecular weight is 253 g/mol. The molecule has 1 aromatic heterocycles. The SMILES string of the molecule is N#CNC1COCCN1Cc1ccc(Cl)nc1. The lowest BCUT2D eigenvalue weighted by atomic mass is 10.2. The molecule has 0 amide bonds. The molecule has 0 spiro atoms. The molecule has 0 aliphatic carbocycles. The summed E-state index contributed by atoms with van der Waals surface area (Å²) in [5.41, 5.74) is 1.07. The lowest BCUT2D eigenvalue weighted by molar-refractivity contribution is -0.0185. The highest BCUT2D eigenvalue weighted by atomic mass is 35.5. The predicted molar refractivity (Wildman–Crippen MR) is 63.0 cm³/mol. The molecule has 6 heteroatoms. The molecule has 1 aliphatic rings. The molecule has 5 nitrogen and oxygen atoms in total. The monoisotopic (exact) mass is 252 g/mol. The van der Waals surface area contributed by atoms with Gasteiger partial charge in [0.15, 0.2) is 6.19 Å². The van der Waals surface area contributed by atoms with Gasteiger partial charge < -0.3 is 10.1 Å². The molecular formula is C11H13ClN4O. The summed E-state index contributed by atoms with van der Waals surface area (Å²) >= 11 is 5.73. The van der Waals surface area contributed by atoms with Crippen molar-refractivity contribution in [1.29, 1.82) is 5.26 Å². The number of hydrogen-bond donors (Lipinski definition) is 1. The van der Waals surface area contributed by atoms with Gasteiger partial charge in [0.1, 0.15) is 11.3 Å².